The summed E-state index contributed by atoms with van der Waals surface area (Å²) in [6.07, 6.45) is -0.0354. The fraction of sp³-hybridized carbons (Fsp3) is 0.0667. The molecule has 2 aromatic carbocycles. The number of hydrogen-bond acceptors (Lipinski definition) is 3. The van der Waals surface area contributed by atoms with Crippen LogP contribution in [0.5, 0.6) is 0 Å². The van der Waals surface area contributed by atoms with Gasteiger partial charge in [-0.15, -0.1) is 0 Å². The maximum absolute atomic E-state index is 11.2. The van der Waals surface area contributed by atoms with Crippen LogP contribution in [0.15, 0.2) is 52.3 Å². The molecular formula is C15H11ClO4S. The minimum absolute atomic E-state index is 0.0354. The number of carbonyl (C=O) groups is 2. The highest BCUT2D eigenvalue weighted by Crippen LogP contribution is 2.32. The average Bonchev–Trinajstić information content (AvgIpc) is 2.42. The summed E-state index contributed by atoms with van der Waals surface area (Å²) >= 11 is 7.10. The maximum Gasteiger partial charge on any atom is 0.336 e. The molecule has 0 bridgehead atoms. The van der Waals surface area contributed by atoms with Gasteiger partial charge in [0.15, 0.2) is 0 Å². The molecule has 2 N–H and O–H groups in total. The molecule has 0 atom stereocenters. The Morgan fingerprint density at radius 1 is 1.05 bits per heavy atom. The highest BCUT2D eigenvalue weighted by Gasteiger charge is 2.12. The zero-order valence-corrected chi connectivity index (χ0v) is 12.3. The lowest BCUT2D eigenvalue weighted by Gasteiger charge is -2.07. The zero-order chi connectivity index (χ0) is 15.4. The third kappa shape index (κ3) is 4.24. The summed E-state index contributed by atoms with van der Waals surface area (Å²) in [5, 5.41) is 18.3. The van der Waals surface area contributed by atoms with Gasteiger partial charge in [-0.2, -0.15) is 0 Å². The van der Waals surface area contributed by atoms with Crippen LogP contribution >= 0.6 is 23.4 Å². The molecule has 0 spiro atoms. The van der Waals surface area contributed by atoms with E-state index in [0.29, 0.717) is 15.5 Å². The largest absolute Gasteiger partial charge is 0.481 e. The molecule has 0 aliphatic heterocycles. The van der Waals surface area contributed by atoms with Crippen LogP contribution in [-0.4, -0.2) is 22.2 Å². The minimum atomic E-state index is -1.04. The number of benzene rings is 2. The Kier molecular flexibility index (Phi) is 4.88. The molecule has 0 saturated carbocycles. The smallest absolute Gasteiger partial charge is 0.336 e. The van der Waals surface area contributed by atoms with Crippen LogP contribution in [0.25, 0.3) is 0 Å². The van der Waals surface area contributed by atoms with Crippen molar-refractivity contribution in [1.82, 2.24) is 0 Å². The van der Waals surface area contributed by atoms with E-state index in [9.17, 15) is 14.7 Å². The Balaban J connectivity index is 2.22. The molecule has 0 radical (unpaired) electrons. The first kappa shape index (κ1) is 15.4. The zero-order valence-electron chi connectivity index (χ0n) is 10.7. The number of carboxylic acid groups (broad SMARTS) is 2. The molecule has 0 fully saturated rings. The second kappa shape index (κ2) is 6.65. The highest BCUT2D eigenvalue weighted by molar-refractivity contribution is 7.99. The van der Waals surface area contributed by atoms with E-state index in [0.717, 1.165) is 4.90 Å². The number of halogens is 1. The normalized spacial score (nSPS) is 10.3. The summed E-state index contributed by atoms with van der Waals surface area (Å²) < 4.78 is 0. The summed E-state index contributed by atoms with van der Waals surface area (Å²) in [5.74, 6) is -1.93. The number of hydrogen-bond donors (Lipinski definition) is 2. The van der Waals surface area contributed by atoms with Gasteiger partial charge in [0, 0.05) is 14.8 Å². The summed E-state index contributed by atoms with van der Waals surface area (Å²) in [4.78, 5) is 23.2. The van der Waals surface area contributed by atoms with Crippen LogP contribution in [0, 0.1) is 0 Å². The Labute approximate surface area is 130 Å². The van der Waals surface area contributed by atoms with E-state index in [-0.39, 0.29) is 12.0 Å². The Hall–Kier alpha value is -1.98. The first-order valence-corrected chi connectivity index (χ1v) is 7.16. The molecule has 2 aromatic rings. The molecule has 21 heavy (non-hydrogen) atoms. The van der Waals surface area contributed by atoms with Crippen LogP contribution < -0.4 is 0 Å². The predicted octanol–water partition coefficient (Wildman–Crippen LogP) is 3.82. The van der Waals surface area contributed by atoms with Crippen molar-refractivity contribution in [2.45, 2.75) is 16.2 Å². The van der Waals surface area contributed by atoms with E-state index in [4.69, 9.17) is 16.7 Å². The molecule has 0 aliphatic carbocycles. The molecule has 0 aliphatic rings. The monoisotopic (exact) mass is 322 g/mol. The topological polar surface area (TPSA) is 74.6 Å². The van der Waals surface area contributed by atoms with Crippen molar-refractivity contribution in [2.24, 2.45) is 0 Å². The molecule has 4 nitrogen and oxygen atoms in total. The van der Waals surface area contributed by atoms with Crippen molar-refractivity contribution in [2.75, 3.05) is 0 Å². The van der Waals surface area contributed by atoms with Crippen LogP contribution in [0.3, 0.4) is 0 Å². The summed E-state index contributed by atoms with van der Waals surface area (Å²) in [5.41, 5.74) is 0.837. The third-order valence-electron chi connectivity index (χ3n) is 2.68. The fourth-order valence-corrected chi connectivity index (χ4v) is 2.83. The second-order valence-electron chi connectivity index (χ2n) is 4.26. The standard InChI is InChI=1S/C15H11ClO4S/c16-10-3-6-13(12(8-10)15(19)20)21-11-4-1-9(2-5-11)7-14(17)18/h1-6,8H,7H2,(H,17,18)(H,19,20). The van der Waals surface area contributed by atoms with Gasteiger partial charge in [-0.3, -0.25) is 4.79 Å². The van der Waals surface area contributed by atoms with Gasteiger partial charge >= 0.3 is 11.9 Å². The SMILES string of the molecule is O=C(O)Cc1ccc(Sc2ccc(Cl)cc2C(=O)O)cc1. The van der Waals surface area contributed by atoms with Crippen molar-refractivity contribution in [3.63, 3.8) is 0 Å². The minimum Gasteiger partial charge on any atom is -0.481 e. The molecule has 6 heteroatoms. The van der Waals surface area contributed by atoms with E-state index in [1.54, 1.807) is 36.4 Å². The van der Waals surface area contributed by atoms with Crippen molar-refractivity contribution >= 4 is 35.3 Å². The molecule has 0 amide bonds. The summed E-state index contributed by atoms with van der Waals surface area (Å²) in [6, 6.07) is 11.7. The van der Waals surface area contributed by atoms with Crippen molar-refractivity contribution in [3.05, 3.63) is 58.6 Å². The van der Waals surface area contributed by atoms with Gasteiger partial charge < -0.3 is 10.2 Å². The Morgan fingerprint density at radius 2 is 1.71 bits per heavy atom. The highest BCUT2D eigenvalue weighted by atomic mass is 35.5. The van der Waals surface area contributed by atoms with Crippen LogP contribution in [0.1, 0.15) is 15.9 Å². The fourth-order valence-electron chi connectivity index (χ4n) is 1.74. The second-order valence-corrected chi connectivity index (χ2v) is 5.81. The van der Waals surface area contributed by atoms with Crippen molar-refractivity contribution in [1.29, 1.82) is 0 Å². The van der Waals surface area contributed by atoms with E-state index >= 15 is 0 Å². The maximum atomic E-state index is 11.2. The molecule has 0 saturated heterocycles. The van der Waals surface area contributed by atoms with Gasteiger partial charge in [-0.05, 0) is 35.9 Å². The van der Waals surface area contributed by atoms with Gasteiger partial charge in [-0.25, -0.2) is 4.79 Å². The van der Waals surface area contributed by atoms with Crippen LogP contribution in [-0.2, 0) is 11.2 Å². The molecule has 0 unspecified atom stereocenters. The summed E-state index contributed by atoms with van der Waals surface area (Å²) in [7, 11) is 0. The number of aliphatic carboxylic acids is 1. The first-order valence-electron chi connectivity index (χ1n) is 5.97. The lowest BCUT2D eigenvalue weighted by atomic mass is 10.2. The lowest BCUT2D eigenvalue weighted by molar-refractivity contribution is -0.136. The molecule has 2 rings (SSSR count). The van der Waals surface area contributed by atoms with Crippen LogP contribution in [0.2, 0.25) is 5.02 Å². The van der Waals surface area contributed by atoms with Gasteiger partial charge in [0.2, 0.25) is 0 Å². The number of aromatic carboxylic acids is 1. The average molecular weight is 323 g/mol. The summed E-state index contributed by atoms with van der Waals surface area (Å²) in [6.45, 7) is 0. The van der Waals surface area contributed by atoms with E-state index < -0.39 is 11.9 Å². The molecule has 0 heterocycles. The van der Waals surface area contributed by atoms with Gasteiger partial charge in [0.25, 0.3) is 0 Å². The Bertz CT molecular complexity index is 683. The van der Waals surface area contributed by atoms with Gasteiger partial charge in [0.1, 0.15) is 0 Å². The van der Waals surface area contributed by atoms with E-state index in [1.165, 1.54) is 17.8 Å². The first-order chi connectivity index (χ1) is 9.95. The number of rotatable bonds is 5. The molecular weight excluding hydrogens is 312 g/mol. The quantitative estimate of drug-likeness (QED) is 0.875. The lowest BCUT2D eigenvalue weighted by Crippen LogP contribution is -2.00. The number of carboxylic acids is 2. The Morgan fingerprint density at radius 3 is 2.29 bits per heavy atom. The van der Waals surface area contributed by atoms with Crippen LogP contribution in [0.4, 0.5) is 0 Å². The third-order valence-corrected chi connectivity index (χ3v) is 4.00. The van der Waals surface area contributed by atoms with E-state index in [2.05, 4.69) is 0 Å². The van der Waals surface area contributed by atoms with Crippen molar-refractivity contribution in [3.8, 4) is 0 Å². The van der Waals surface area contributed by atoms with Gasteiger partial charge in [0.05, 0.1) is 12.0 Å². The van der Waals surface area contributed by atoms with Gasteiger partial charge in [-0.1, -0.05) is 35.5 Å². The van der Waals surface area contributed by atoms with Crippen molar-refractivity contribution < 1.29 is 19.8 Å². The predicted molar refractivity (Wildman–Crippen MR) is 80.3 cm³/mol. The molecule has 108 valence electrons. The molecule has 0 aromatic heterocycles. The van der Waals surface area contributed by atoms with E-state index in [1.807, 2.05) is 0 Å².